The van der Waals surface area contributed by atoms with E-state index < -0.39 is 11.7 Å². The molecule has 0 saturated carbocycles. The largest absolute Gasteiger partial charge is 0.416 e. The van der Waals surface area contributed by atoms with Crippen LogP contribution in [-0.2, 0) is 13.2 Å². The molecule has 10 heteroatoms. The predicted molar refractivity (Wildman–Crippen MR) is 94.1 cm³/mol. The average Bonchev–Trinajstić information content (AvgIpc) is 3.14. The highest BCUT2D eigenvalue weighted by Gasteiger charge is 2.30. The molecule has 0 aliphatic carbocycles. The zero-order valence-corrected chi connectivity index (χ0v) is 15.6. The number of ketones is 1. The van der Waals surface area contributed by atoms with Crippen molar-refractivity contribution in [3.63, 3.8) is 0 Å². The van der Waals surface area contributed by atoms with E-state index in [9.17, 15) is 18.0 Å². The van der Waals surface area contributed by atoms with Crippen LogP contribution in [0.25, 0.3) is 5.69 Å². The number of carbonyl (C=O) groups excluding carboxylic acids is 1. The first-order valence-corrected chi connectivity index (χ1v) is 8.92. The maximum atomic E-state index is 13.0. The van der Waals surface area contributed by atoms with Crippen molar-refractivity contribution < 1.29 is 18.0 Å². The molecule has 2 aromatic heterocycles. The lowest BCUT2D eigenvalue weighted by Gasteiger charge is -2.13. The number of hydrogen-bond donors (Lipinski definition) is 0. The summed E-state index contributed by atoms with van der Waals surface area (Å²) in [6, 6.07) is 6.73. The number of Topliss-reactive ketones (excluding diaryl/α,β-unsaturated/α-hetero) is 1. The Labute approximate surface area is 157 Å². The minimum atomic E-state index is -4.43. The maximum Gasteiger partial charge on any atom is 0.416 e. The van der Waals surface area contributed by atoms with Gasteiger partial charge in [-0.25, -0.2) is 4.68 Å². The molecule has 142 valence electrons. The van der Waals surface area contributed by atoms with Crippen molar-refractivity contribution in [3.05, 3.63) is 52.8 Å². The predicted octanol–water partition coefficient (Wildman–Crippen LogP) is 3.61. The monoisotopic (exact) mass is 395 g/mol. The van der Waals surface area contributed by atoms with Crippen molar-refractivity contribution >= 4 is 17.5 Å². The first-order chi connectivity index (χ1) is 12.7. The zero-order valence-electron chi connectivity index (χ0n) is 14.8. The molecule has 0 spiro atoms. The average molecular weight is 395 g/mol. The van der Waals surface area contributed by atoms with Gasteiger partial charge in [0.1, 0.15) is 0 Å². The van der Waals surface area contributed by atoms with Gasteiger partial charge in [-0.1, -0.05) is 17.8 Å². The smallest absolute Gasteiger partial charge is 0.318 e. The van der Waals surface area contributed by atoms with Gasteiger partial charge in [0.05, 0.1) is 11.3 Å². The van der Waals surface area contributed by atoms with E-state index in [1.54, 1.807) is 37.6 Å². The number of nitrogens with zero attached hydrogens (tertiary/aromatic N) is 5. The highest BCUT2D eigenvalue weighted by Crippen LogP contribution is 2.31. The van der Waals surface area contributed by atoms with Crippen LogP contribution in [0.3, 0.4) is 0 Å². The number of hydrogen-bond acceptors (Lipinski definition) is 5. The molecule has 0 amide bonds. The quantitative estimate of drug-likeness (QED) is 0.488. The van der Waals surface area contributed by atoms with E-state index in [1.165, 1.54) is 22.5 Å². The van der Waals surface area contributed by atoms with Gasteiger partial charge in [0.2, 0.25) is 5.16 Å². The normalized spacial score (nSPS) is 11.8. The van der Waals surface area contributed by atoms with Crippen LogP contribution in [0.15, 0.2) is 35.5 Å². The first kappa shape index (κ1) is 19.2. The summed E-state index contributed by atoms with van der Waals surface area (Å²) in [6.07, 6.45) is -4.43. The molecule has 0 aliphatic rings. The Bertz CT molecular complexity index is 993. The third-order valence-electron chi connectivity index (χ3n) is 4.08. The third-order valence-corrected chi connectivity index (χ3v) is 5.09. The van der Waals surface area contributed by atoms with Crippen molar-refractivity contribution in [1.29, 1.82) is 0 Å². The number of benzene rings is 1. The lowest BCUT2D eigenvalue weighted by Crippen LogP contribution is -2.08. The molecule has 0 N–H and O–H groups in total. The molecular formula is C17H16F3N5OS. The Morgan fingerprint density at radius 1 is 1.22 bits per heavy atom. The summed E-state index contributed by atoms with van der Waals surface area (Å²) in [5.74, 6) is -0.0181. The van der Waals surface area contributed by atoms with Crippen LogP contribution in [0.5, 0.6) is 0 Å². The third kappa shape index (κ3) is 3.90. The van der Waals surface area contributed by atoms with E-state index in [4.69, 9.17) is 0 Å². The number of halogens is 3. The van der Waals surface area contributed by atoms with Crippen LogP contribution in [0, 0.1) is 13.8 Å². The van der Waals surface area contributed by atoms with Crippen molar-refractivity contribution in [2.45, 2.75) is 25.2 Å². The molecule has 0 radical (unpaired) electrons. The number of alkyl halides is 3. The molecule has 0 bridgehead atoms. The Morgan fingerprint density at radius 3 is 2.59 bits per heavy atom. The van der Waals surface area contributed by atoms with Gasteiger partial charge >= 0.3 is 6.18 Å². The van der Waals surface area contributed by atoms with E-state index in [0.717, 1.165) is 12.1 Å². The van der Waals surface area contributed by atoms with E-state index in [1.807, 2.05) is 0 Å². The lowest BCUT2D eigenvalue weighted by molar-refractivity contribution is -0.137. The fourth-order valence-electron chi connectivity index (χ4n) is 2.82. The summed E-state index contributed by atoms with van der Waals surface area (Å²) < 4.78 is 42.1. The van der Waals surface area contributed by atoms with Crippen molar-refractivity contribution in [3.8, 4) is 5.69 Å². The molecule has 27 heavy (non-hydrogen) atoms. The standard InChI is InChI=1S/C17H16F3N5OS/c1-10-7-14(15(26)9-27-16-21-22-23-24(16)3)11(2)25(10)13-6-4-5-12(8-13)17(18,19)20/h4-8H,9H2,1-3H3. The number of aromatic nitrogens is 5. The zero-order chi connectivity index (χ0) is 19.8. The topological polar surface area (TPSA) is 65.6 Å². The molecule has 1 aromatic carbocycles. The molecule has 0 saturated heterocycles. The van der Waals surface area contributed by atoms with Crippen LogP contribution in [0.4, 0.5) is 13.2 Å². The van der Waals surface area contributed by atoms with Crippen molar-refractivity contribution in [2.75, 3.05) is 5.75 Å². The van der Waals surface area contributed by atoms with Crippen LogP contribution in [-0.4, -0.2) is 36.3 Å². The van der Waals surface area contributed by atoms with Crippen molar-refractivity contribution in [2.24, 2.45) is 7.05 Å². The van der Waals surface area contributed by atoms with E-state index in [2.05, 4.69) is 15.5 Å². The van der Waals surface area contributed by atoms with Gasteiger partial charge in [0.15, 0.2) is 5.78 Å². The molecule has 0 atom stereocenters. The van der Waals surface area contributed by atoms with Crippen LogP contribution < -0.4 is 0 Å². The van der Waals surface area contributed by atoms with E-state index >= 15 is 0 Å². The molecular weight excluding hydrogens is 379 g/mol. The number of tetrazole rings is 1. The van der Waals surface area contributed by atoms with E-state index in [-0.39, 0.29) is 11.5 Å². The van der Waals surface area contributed by atoms with Gasteiger partial charge < -0.3 is 4.57 Å². The Morgan fingerprint density at radius 2 is 1.96 bits per heavy atom. The number of rotatable bonds is 5. The van der Waals surface area contributed by atoms with Gasteiger partial charge in [-0.3, -0.25) is 4.79 Å². The second kappa shape index (κ2) is 7.18. The fraction of sp³-hybridized carbons (Fsp3) is 0.294. The first-order valence-electron chi connectivity index (χ1n) is 7.93. The lowest BCUT2D eigenvalue weighted by atomic mass is 10.1. The summed E-state index contributed by atoms with van der Waals surface area (Å²) >= 11 is 1.20. The number of thioether (sulfide) groups is 1. The highest BCUT2D eigenvalue weighted by molar-refractivity contribution is 7.99. The summed E-state index contributed by atoms with van der Waals surface area (Å²) in [7, 11) is 1.67. The molecule has 3 aromatic rings. The Kier molecular flexibility index (Phi) is 5.09. The fourth-order valence-corrected chi connectivity index (χ4v) is 3.55. The second-order valence-electron chi connectivity index (χ2n) is 5.97. The van der Waals surface area contributed by atoms with Crippen molar-refractivity contribution in [1.82, 2.24) is 24.8 Å². The minimum Gasteiger partial charge on any atom is -0.318 e. The van der Waals surface area contributed by atoms with Gasteiger partial charge in [-0.05, 0) is 48.5 Å². The number of aryl methyl sites for hydroxylation is 2. The minimum absolute atomic E-state index is 0.126. The Balaban J connectivity index is 1.89. The maximum absolute atomic E-state index is 13.0. The summed E-state index contributed by atoms with van der Waals surface area (Å²) in [4.78, 5) is 12.6. The molecule has 3 rings (SSSR count). The molecule has 0 aliphatic heterocycles. The molecule has 0 fully saturated rings. The van der Waals surface area contributed by atoms with Gasteiger partial charge in [-0.15, -0.1) is 5.10 Å². The Hall–Kier alpha value is -2.62. The summed E-state index contributed by atoms with van der Waals surface area (Å²) in [6.45, 7) is 3.47. The van der Waals surface area contributed by atoms with Crippen LogP contribution in [0.2, 0.25) is 0 Å². The van der Waals surface area contributed by atoms with Crippen LogP contribution in [0.1, 0.15) is 27.3 Å². The second-order valence-corrected chi connectivity index (χ2v) is 6.91. The van der Waals surface area contributed by atoms with Gasteiger partial charge in [-0.2, -0.15) is 13.2 Å². The molecule has 6 nitrogen and oxygen atoms in total. The number of carbonyl (C=O) groups is 1. The highest BCUT2D eigenvalue weighted by atomic mass is 32.2. The summed E-state index contributed by atoms with van der Waals surface area (Å²) in [5, 5.41) is 11.5. The SMILES string of the molecule is Cc1cc(C(=O)CSc2nnnn2C)c(C)n1-c1cccc(C(F)(F)F)c1. The van der Waals surface area contributed by atoms with Gasteiger partial charge in [0.25, 0.3) is 0 Å². The molecule has 2 heterocycles. The van der Waals surface area contributed by atoms with E-state index in [0.29, 0.717) is 27.8 Å². The molecule has 0 unspecified atom stereocenters. The van der Waals surface area contributed by atoms with Gasteiger partial charge in [0, 0.05) is 29.7 Å². The summed E-state index contributed by atoms with van der Waals surface area (Å²) in [5.41, 5.74) is 1.37. The van der Waals surface area contributed by atoms with Crippen LogP contribution >= 0.6 is 11.8 Å².